The Hall–Kier alpha value is -0.0909. The summed E-state index contributed by atoms with van der Waals surface area (Å²) in [7, 11) is 0. The molecule has 0 bridgehead atoms. The Balaban J connectivity index is 0.00000113. The van der Waals surface area contributed by atoms with Crippen molar-refractivity contribution in [3.63, 3.8) is 0 Å². The monoisotopic (exact) mass is 467 g/mol. The van der Waals surface area contributed by atoms with Crippen molar-refractivity contribution < 1.29 is 90.9 Å². The van der Waals surface area contributed by atoms with Crippen molar-refractivity contribution in [1.29, 1.82) is 0 Å². The van der Waals surface area contributed by atoms with Gasteiger partial charge in [0.25, 0.3) is 0 Å². The van der Waals surface area contributed by atoms with Gasteiger partial charge in [-0.1, -0.05) is 48.8 Å². The van der Waals surface area contributed by atoms with Gasteiger partial charge in [0.2, 0.25) is 0 Å². The molecule has 4 heteroatoms. The predicted octanol–water partition coefficient (Wildman–Crippen LogP) is 1.29. The number of hydrogen-bond acceptors (Lipinski definition) is 2. The topological polar surface area (TPSA) is 25.8 Å². The van der Waals surface area contributed by atoms with Gasteiger partial charge in [0.1, 0.15) is 0 Å². The molecule has 0 N–H and O–H groups in total. The van der Waals surface area contributed by atoms with Gasteiger partial charge in [-0.05, 0) is 5.52 Å². The number of nitrogens with zero attached hydrogens (tertiary/aromatic N) is 2. The number of fused-ring (bicyclic) bond motifs is 1. The number of aromatic nitrogens is 2. The van der Waals surface area contributed by atoms with E-state index in [1.807, 2.05) is 36.5 Å². The van der Waals surface area contributed by atoms with Crippen LogP contribution in [0, 0.1) is 18.3 Å². The van der Waals surface area contributed by atoms with E-state index in [-0.39, 0.29) is 90.9 Å². The van der Waals surface area contributed by atoms with Crippen LogP contribution in [0.4, 0.5) is 0 Å². The first-order valence-electron chi connectivity index (χ1n) is 7.46. The van der Waals surface area contributed by atoms with Gasteiger partial charge in [-0.15, -0.1) is 5.39 Å². The zero-order chi connectivity index (χ0) is 15.5. The van der Waals surface area contributed by atoms with Crippen LogP contribution in [0.1, 0.15) is 11.1 Å². The van der Waals surface area contributed by atoms with Gasteiger partial charge >= 0.3 is 58.2 Å². The molecule has 0 aliphatic heterocycles. The van der Waals surface area contributed by atoms with Gasteiger partial charge in [-0.25, -0.2) is 12.1 Å². The van der Waals surface area contributed by atoms with Crippen molar-refractivity contribution in [2.75, 3.05) is 0 Å². The number of pyridine rings is 2. The van der Waals surface area contributed by atoms with Crippen LogP contribution < -0.4 is 58.2 Å². The van der Waals surface area contributed by atoms with E-state index >= 15 is 0 Å². The zero-order valence-corrected chi connectivity index (χ0v) is 21.8. The third kappa shape index (κ3) is 5.22. The summed E-state index contributed by atoms with van der Waals surface area (Å²) in [5, 5.41) is 1.13. The molecule has 0 spiro atoms. The molecule has 0 aliphatic carbocycles. The van der Waals surface area contributed by atoms with E-state index < -0.39 is 0 Å². The van der Waals surface area contributed by atoms with E-state index in [0.29, 0.717) is 0 Å². The van der Waals surface area contributed by atoms with Gasteiger partial charge in [-0.3, -0.25) is 0 Å². The van der Waals surface area contributed by atoms with Crippen LogP contribution in [0.15, 0.2) is 67.0 Å². The molecule has 25 heavy (non-hydrogen) atoms. The van der Waals surface area contributed by atoms with Crippen molar-refractivity contribution in [3.8, 4) is 11.1 Å². The Morgan fingerprint density at radius 1 is 0.960 bits per heavy atom. The van der Waals surface area contributed by atoms with Crippen LogP contribution in [0.5, 0.6) is 0 Å². The van der Waals surface area contributed by atoms with Gasteiger partial charge in [0.05, 0.1) is 0 Å². The molecule has 2 heterocycles. The Bertz CT molecular complexity index is 944. The molecule has 113 valence electrons. The van der Waals surface area contributed by atoms with E-state index in [2.05, 4.69) is 52.6 Å². The quantitative estimate of drug-likeness (QED) is 0.425. The fraction of sp³-hybridized carbons (Fsp3) is 0.0476. The van der Waals surface area contributed by atoms with Crippen molar-refractivity contribution in [2.24, 2.45) is 0 Å². The second-order valence-electron chi connectivity index (χ2n) is 5.41. The van der Waals surface area contributed by atoms with Crippen LogP contribution in [0.3, 0.4) is 0 Å². The van der Waals surface area contributed by atoms with Crippen molar-refractivity contribution in [1.82, 2.24) is 9.97 Å². The summed E-state index contributed by atoms with van der Waals surface area (Å²) in [5.41, 5.74) is 5.59. The SMILES string of the molecule is [Rb+].[Y].[c-]1cncc(Cc2ccc3n[c-]cc(-c4c[c-]ccc4)c3c2)c1. The zero-order valence-electron chi connectivity index (χ0n) is 14.0. The summed E-state index contributed by atoms with van der Waals surface area (Å²) in [6.45, 7) is 0. The summed E-state index contributed by atoms with van der Waals surface area (Å²) in [6, 6.07) is 24.4. The molecule has 2 aromatic heterocycles. The summed E-state index contributed by atoms with van der Waals surface area (Å²) in [5.74, 6) is 0. The number of rotatable bonds is 3. The summed E-state index contributed by atoms with van der Waals surface area (Å²) < 4.78 is 0. The van der Waals surface area contributed by atoms with Crippen molar-refractivity contribution in [2.45, 2.75) is 6.42 Å². The molecular weight excluding hydrogens is 455 g/mol. The van der Waals surface area contributed by atoms with Crippen LogP contribution in [0.25, 0.3) is 22.0 Å². The molecule has 0 atom stereocenters. The third-order valence-electron chi connectivity index (χ3n) is 3.83. The Kier molecular flexibility index (Phi) is 8.74. The Labute approximate surface area is 222 Å². The van der Waals surface area contributed by atoms with Crippen molar-refractivity contribution in [3.05, 3.63) is 96.4 Å². The first kappa shape index (κ1) is 21.2. The Morgan fingerprint density at radius 2 is 1.88 bits per heavy atom. The molecule has 4 aromatic rings. The maximum Gasteiger partial charge on any atom is 1.00 e. The van der Waals surface area contributed by atoms with Gasteiger partial charge in [0, 0.05) is 32.7 Å². The van der Waals surface area contributed by atoms with E-state index in [1.165, 1.54) is 5.56 Å². The first-order valence-corrected chi connectivity index (χ1v) is 7.46. The van der Waals surface area contributed by atoms with E-state index in [4.69, 9.17) is 0 Å². The molecule has 0 amide bonds. The largest absolute Gasteiger partial charge is 1.00 e. The molecular formula is C21H13N2RbY-2. The minimum atomic E-state index is 0. The van der Waals surface area contributed by atoms with Crippen LogP contribution in [0.2, 0.25) is 0 Å². The predicted molar refractivity (Wildman–Crippen MR) is 90.7 cm³/mol. The Morgan fingerprint density at radius 3 is 2.64 bits per heavy atom. The third-order valence-corrected chi connectivity index (χ3v) is 3.83. The molecule has 4 rings (SSSR count). The molecule has 0 unspecified atom stereocenters. The van der Waals surface area contributed by atoms with Crippen LogP contribution >= 0.6 is 0 Å². The fourth-order valence-electron chi connectivity index (χ4n) is 2.74. The molecule has 1 radical (unpaired) electrons. The standard InChI is InChI=1S/C21H13N2.Rb.Y/c1-2-6-18(7-3-1)19-10-12-23-21-9-8-16(14-20(19)21)13-17-5-4-11-22-15-17;;/h1-2,5-11,14-15H,13H2;;/q-3;+1;. The van der Waals surface area contributed by atoms with Gasteiger partial charge in [0.15, 0.2) is 0 Å². The molecule has 2 aromatic carbocycles. The molecule has 0 saturated carbocycles. The molecule has 0 fully saturated rings. The molecule has 0 saturated heterocycles. The first-order chi connectivity index (χ1) is 11.4. The molecule has 2 nitrogen and oxygen atoms in total. The smallest absolute Gasteiger partial charge is 0.386 e. The maximum absolute atomic E-state index is 4.36. The van der Waals surface area contributed by atoms with Gasteiger partial charge < -0.3 is 9.97 Å². The summed E-state index contributed by atoms with van der Waals surface area (Å²) >= 11 is 0. The van der Waals surface area contributed by atoms with E-state index in [9.17, 15) is 0 Å². The fourth-order valence-corrected chi connectivity index (χ4v) is 2.74. The minimum absolute atomic E-state index is 0. The average molecular weight is 468 g/mol. The van der Waals surface area contributed by atoms with Crippen LogP contribution in [-0.4, -0.2) is 9.97 Å². The van der Waals surface area contributed by atoms with E-state index in [0.717, 1.165) is 34.0 Å². The summed E-state index contributed by atoms with van der Waals surface area (Å²) in [6.07, 6.45) is 7.38. The average Bonchev–Trinajstić information content (AvgIpc) is 2.63. The number of hydrogen-bond donors (Lipinski definition) is 0. The number of benzene rings is 2. The molecule has 0 aliphatic rings. The van der Waals surface area contributed by atoms with Gasteiger partial charge in [-0.2, -0.15) is 53.1 Å². The van der Waals surface area contributed by atoms with Crippen molar-refractivity contribution >= 4 is 10.9 Å². The maximum atomic E-state index is 4.36. The van der Waals surface area contributed by atoms with Crippen LogP contribution in [-0.2, 0) is 39.1 Å². The second-order valence-corrected chi connectivity index (χ2v) is 5.41. The summed E-state index contributed by atoms with van der Waals surface area (Å²) in [4.78, 5) is 8.49. The second kappa shape index (κ2) is 10.3. The minimum Gasteiger partial charge on any atom is -0.386 e. The van der Waals surface area contributed by atoms with E-state index in [1.54, 1.807) is 6.20 Å². The normalized spacial score (nSPS) is 9.92.